The minimum absolute atomic E-state index is 0.963. The molecule has 0 nitrogen and oxygen atoms in total. The van der Waals surface area contributed by atoms with Crippen LogP contribution in [0.1, 0.15) is 13.8 Å². The quantitative estimate of drug-likeness (QED) is 0.424. The molecule has 0 heterocycles. The number of hydrogen-bond donors (Lipinski definition) is 0. The van der Waals surface area contributed by atoms with Crippen LogP contribution >= 0.6 is 12.6 Å². The lowest BCUT2D eigenvalue weighted by molar-refractivity contribution is 1.61. The molecule has 0 amide bonds. The molecule has 1 heteroatoms. The van der Waals surface area contributed by atoms with Crippen LogP contribution in [0.3, 0.4) is 0 Å². The van der Waals surface area contributed by atoms with E-state index in [1.807, 2.05) is 19.9 Å². The highest BCUT2D eigenvalue weighted by Gasteiger charge is 1.64. The van der Waals surface area contributed by atoms with E-state index in [1.165, 1.54) is 0 Å². The second-order valence-electron chi connectivity index (χ2n) is 0.899. The Labute approximate surface area is 38.3 Å². The molecule has 0 aromatic heterocycles. The van der Waals surface area contributed by atoms with Gasteiger partial charge in [-0.25, -0.2) is 0 Å². The van der Waals surface area contributed by atoms with E-state index >= 15 is 0 Å². The summed E-state index contributed by atoms with van der Waals surface area (Å²) in [6, 6.07) is 0. The van der Waals surface area contributed by atoms with E-state index in [1.54, 1.807) is 0 Å². The molecule has 0 aliphatic carbocycles. The molecule has 0 saturated heterocycles. The standard InChI is InChI=1S/C4H7S/c1-3-4(2)5/h3H,1-2H3/b4-3-. The van der Waals surface area contributed by atoms with Crippen molar-refractivity contribution in [1.82, 2.24) is 0 Å². The molecule has 1 radical (unpaired) electrons. The molecule has 5 heavy (non-hydrogen) atoms. The van der Waals surface area contributed by atoms with Crippen LogP contribution in [0.2, 0.25) is 0 Å². The summed E-state index contributed by atoms with van der Waals surface area (Å²) in [4.78, 5) is 0.963. The van der Waals surface area contributed by atoms with Gasteiger partial charge in [0.1, 0.15) is 0 Å². The average Bonchev–Trinajstić information content (AvgIpc) is 1.38. The highest BCUT2D eigenvalue weighted by atomic mass is 32.1. The maximum atomic E-state index is 4.64. The van der Waals surface area contributed by atoms with Gasteiger partial charge in [0.2, 0.25) is 0 Å². The normalized spacial score (nSPS) is 12.0. The van der Waals surface area contributed by atoms with Crippen LogP contribution in [0.5, 0.6) is 0 Å². The Morgan fingerprint density at radius 3 is 2.00 bits per heavy atom. The second-order valence-corrected chi connectivity index (χ2v) is 1.54. The molecule has 29 valence electrons. The van der Waals surface area contributed by atoms with E-state index in [2.05, 4.69) is 12.6 Å². The molecule has 0 spiro atoms. The molecular weight excluding hydrogens is 80.1 g/mol. The van der Waals surface area contributed by atoms with E-state index in [4.69, 9.17) is 0 Å². The zero-order valence-corrected chi connectivity index (χ0v) is 4.30. The molecule has 0 rings (SSSR count). The van der Waals surface area contributed by atoms with Crippen molar-refractivity contribution in [2.45, 2.75) is 13.8 Å². The maximum Gasteiger partial charge on any atom is 0.00781 e. The molecular formula is C4H7S. The van der Waals surface area contributed by atoms with Crippen LogP contribution < -0.4 is 0 Å². The first kappa shape index (κ1) is 4.96. The van der Waals surface area contributed by atoms with Gasteiger partial charge in [0, 0.05) is 4.91 Å². The van der Waals surface area contributed by atoms with Crippen LogP contribution in [0.15, 0.2) is 11.0 Å². The first-order valence-electron chi connectivity index (χ1n) is 1.57. The van der Waals surface area contributed by atoms with E-state index in [0.29, 0.717) is 0 Å². The summed E-state index contributed by atoms with van der Waals surface area (Å²) in [5, 5.41) is 0. The van der Waals surface area contributed by atoms with Crippen molar-refractivity contribution in [3.63, 3.8) is 0 Å². The second kappa shape index (κ2) is 2.21. The fourth-order valence-electron chi connectivity index (χ4n) is 0. The molecule has 0 aromatic carbocycles. The minimum atomic E-state index is 0.963. The van der Waals surface area contributed by atoms with Crippen molar-refractivity contribution in [3.05, 3.63) is 11.0 Å². The highest BCUT2D eigenvalue weighted by molar-refractivity contribution is 7.84. The summed E-state index contributed by atoms with van der Waals surface area (Å²) in [6.07, 6.45) is 1.90. The predicted molar refractivity (Wildman–Crippen MR) is 27.0 cm³/mol. The van der Waals surface area contributed by atoms with Gasteiger partial charge in [-0.15, -0.1) is 0 Å². The predicted octanol–water partition coefficient (Wildman–Crippen LogP) is 2.11. The van der Waals surface area contributed by atoms with Gasteiger partial charge in [0.25, 0.3) is 0 Å². The fraction of sp³-hybridized carbons (Fsp3) is 0.500. The number of rotatable bonds is 0. The minimum Gasteiger partial charge on any atom is -0.0856 e. The summed E-state index contributed by atoms with van der Waals surface area (Å²) >= 11 is 4.64. The molecule has 0 aliphatic heterocycles. The van der Waals surface area contributed by atoms with Gasteiger partial charge in [0.05, 0.1) is 0 Å². The van der Waals surface area contributed by atoms with Crippen molar-refractivity contribution in [2.24, 2.45) is 0 Å². The molecule has 0 unspecified atom stereocenters. The largest absolute Gasteiger partial charge is 0.0856 e. The van der Waals surface area contributed by atoms with Crippen molar-refractivity contribution in [3.8, 4) is 0 Å². The van der Waals surface area contributed by atoms with Crippen LogP contribution in [0.25, 0.3) is 0 Å². The molecule has 0 bridgehead atoms. The Morgan fingerprint density at radius 1 is 1.80 bits per heavy atom. The molecule has 0 saturated carbocycles. The lowest BCUT2D eigenvalue weighted by Crippen LogP contribution is -1.45. The summed E-state index contributed by atoms with van der Waals surface area (Å²) in [6.45, 7) is 3.83. The van der Waals surface area contributed by atoms with E-state index in [0.717, 1.165) is 4.91 Å². The van der Waals surface area contributed by atoms with Gasteiger partial charge in [-0.3, -0.25) is 0 Å². The fourth-order valence-corrected chi connectivity index (χ4v) is 0. The third-order valence-electron chi connectivity index (χ3n) is 0.407. The molecule has 0 atom stereocenters. The maximum absolute atomic E-state index is 4.64. The summed E-state index contributed by atoms with van der Waals surface area (Å²) in [5.41, 5.74) is 0. The smallest absolute Gasteiger partial charge is 0.00781 e. The van der Waals surface area contributed by atoms with Gasteiger partial charge in [-0.1, -0.05) is 18.7 Å². The van der Waals surface area contributed by atoms with Gasteiger partial charge < -0.3 is 0 Å². The van der Waals surface area contributed by atoms with Crippen molar-refractivity contribution in [1.29, 1.82) is 0 Å². The number of hydrogen-bond acceptors (Lipinski definition) is 0. The highest BCUT2D eigenvalue weighted by Crippen LogP contribution is 1.92. The van der Waals surface area contributed by atoms with Crippen LogP contribution in [0.4, 0.5) is 0 Å². The molecule has 0 N–H and O–H groups in total. The number of allylic oxidation sites excluding steroid dienone is 2. The molecule has 0 aliphatic rings. The first-order valence-corrected chi connectivity index (χ1v) is 1.98. The summed E-state index contributed by atoms with van der Waals surface area (Å²) < 4.78 is 0. The zero-order chi connectivity index (χ0) is 4.28. The summed E-state index contributed by atoms with van der Waals surface area (Å²) in [7, 11) is 0. The topological polar surface area (TPSA) is 0 Å². The lowest BCUT2D eigenvalue weighted by Gasteiger charge is -1.70. The van der Waals surface area contributed by atoms with Crippen LogP contribution in [-0.2, 0) is 0 Å². The lowest BCUT2D eigenvalue weighted by atomic mass is 10.6. The Morgan fingerprint density at radius 2 is 2.00 bits per heavy atom. The Bertz CT molecular complexity index is 41.6. The van der Waals surface area contributed by atoms with Gasteiger partial charge in [0.15, 0.2) is 0 Å². The third kappa shape index (κ3) is 3.96. The van der Waals surface area contributed by atoms with E-state index in [-0.39, 0.29) is 0 Å². The van der Waals surface area contributed by atoms with Gasteiger partial charge >= 0.3 is 0 Å². The summed E-state index contributed by atoms with van der Waals surface area (Å²) in [5.74, 6) is 0. The SMILES string of the molecule is C/C=C(/C)[S]. The van der Waals surface area contributed by atoms with E-state index in [9.17, 15) is 0 Å². The molecule has 0 fully saturated rings. The monoisotopic (exact) mass is 87.0 g/mol. The van der Waals surface area contributed by atoms with Crippen LogP contribution in [-0.4, -0.2) is 0 Å². The van der Waals surface area contributed by atoms with Crippen molar-refractivity contribution >= 4 is 12.6 Å². The Kier molecular flexibility index (Phi) is 2.19. The zero-order valence-electron chi connectivity index (χ0n) is 3.49. The third-order valence-corrected chi connectivity index (χ3v) is 0.642. The van der Waals surface area contributed by atoms with Gasteiger partial charge in [-0.2, -0.15) is 0 Å². The average molecular weight is 87.2 g/mol. The Hall–Kier alpha value is -0.0400. The van der Waals surface area contributed by atoms with Crippen molar-refractivity contribution < 1.29 is 0 Å². The Balaban J connectivity index is 3.14. The van der Waals surface area contributed by atoms with E-state index < -0.39 is 0 Å². The van der Waals surface area contributed by atoms with Gasteiger partial charge in [-0.05, 0) is 13.8 Å². The van der Waals surface area contributed by atoms with Crippen molar-refractivity contribution in [2.75, 3.05) is 0 Å². The molecule has 0 aromatic rings. The van der Waals surface area contributed by atoms with Crippen LogP contribution in [0, 0.1) is 0 Å². The first-order chi connectivity index (χ1) is 2.27.